The van der Waals surface area contributed by atoms with Gasteiger partial charge in [-0.25, -0.2) is 19.9 Å². The fraction of sp³-hybridized carbons (Fsp3) is 0.167. The van der Waals surface area contributed by atoms with E-state index in [4.69, 9.17) is 0 Å². The molecule has 4 heterocycles. The fourth-order valence-electron chi connectivity index (χ4n) is 5.39. The molecule has 0 fully saturated rings. The van der Waals surface area contributed by atoms with Crippen LogP contribution in [0, 0.1) is 0 Å². The Balaban J connectivity index is 1.48. The van der Waals surface area contributed by atoms with E-state index in [9.17, 15) is 0 Å². The highest BCUT2D eigenvalue weighted by Crippen LogP contribution is 2.34. The van der Waals surface area contributed by atoms with Crippen LogP contribution in [0.15, 0.2) is 73.3 Å². The van der Waals surface area contributed by atoms with Crippen molar-refractivity contribution in [3.8, 4) is 11.1 Å². The molecule has 0 bridgehead atoms. The molecule has 0 radical (unpaired) electrons. The van der Waals surface area contributed by atoms with Crippen LogP contribution in [-0.2, 0) is 0 Å². The summed E-state index contributed by atoms with van der Waals surface area (Å²) in [7, 11) is 8.32. The Hall–Kier alpha value is -4.07. The van der Waals surface area contributed by atoms with Crippen LogP contribution in [0.25, 0.3) is 11.1 Å². The summed E-state index contributed by atoms with van der Waals surface area (Å²) in [5.74, 6) is 3.56. The van der Waals surface area contributed by atoms with E-state index < -0.39 is 0 Å². The van der Waals surface area contributed by atoms with Crippen LogP contribution in [0.2, 0.25) is 0 Å². The summed E-state index contributed by atoms with van der Waals surface area (Å²) in [6.45, 7) is -0.0255. The molecule has 2 aliphatic heterocycles. The smallest absolute Gasteiger partial charge is 0.376 e. The van der Waals surface area contributed by atoms with Gasteiger partial charge in [0.25, 0.3) is 0 Å². The first-order chi connectivity index (χ1) is 16.6. The number of hydrogen-bond acceptors (Lipinski definition) is 8. The SMILES string of the molecule is CN1B(c2ccccc2-c2ccccc2B2N(C)c3nccnc3N2C)N(C)c2nccnc21. The molecule has 10 heteroatoms. The molecule has 34 heavy (non-hydrogen) atoms. The summed E-state index contributed by atoms with van der Waals surface area (Å²) in [4.78, 5) is 27.1. The molecule has 0 unspecified atom stereocenters. The van der Waals surface area contributed by atoms with E-state index >= 15 is 0 Å². The second-order valence-electron chi connectivity index (χ2n) is 8.77. The number of fused-ring (bicyclic) bond motifs is 2. The molecule has 0 saturated heterocycles. The summed E-state index contributed by atoms with van der Waals surface area (Å²) in [6.07, 6.45) is 6.99. The van der Waals surface area contributed by atoms with Gasteiger partial charge in [-0.05, 0) is 50.2 Å². The quantitative estimate of drug-likeness (QED) is 0.439. The van der Waals surface area contributed by atoms with E-state index in [1.807, 2.05) is 0 Å². The molecule has 0 spiro atoms. The van der Waals surface area contributed by atoms with Crippen molar-refractivity contribution in [2.24, 2.45) is 0 Å². The summed E-state index contributed by atoms with van der Waals surface area (Å²) < 4.78 is 0. The number of hydrogen-bond donors (Lipinski definition) is 0. The van der Waals surface area contributed by atoms with E-state index in [-0.39, 0.29) is 14.0 Å². The predicted octanol–water partition coefficient (Wildman–Crippen LogP) is 1.50. The van der Waals surface area contributed by atoms with Gasteiger partial charge >= 0.3 is 14.0 Å². The van der Waals surface area contributed by atoms with E-state index in [0.717, 1.165) is 23.3 Å². The van der Waals surface area contributed by atoms with Gasteiger partial charge < -0.3 is 19.2 Å². The third kappa shape index (κ3) is 2.88. The Kier molecular flexibility index (Phi) is 4.69. The maximum atomic E-state index is 4.59. The highest BCUT2D eigenvalue weighted by atomic mass is 15.3. The molecule has 2 aliphatic rings. The zero-order chi connectivity index (χ0) is 23.4. The molecular weight excluding hydrogens is 422 g/mol. The minimum atomic E-state index is -0.0128. The maximum absolute atomic E-state index is 4.59. The normalized spacial score (nSPS) is 14.7. The van der Waals surface area contributed by atoms with E-state index in [0.29, 0.717) is 0 Å². The van der Waals surface area contributed by atoms with Crippen molar-refractivity contribution in [1.82, 2.24) is 19.9 Å². The van der Waals surface area contributed by atoms with Crippen LogP contribution in [0.3, 0.4) is 0 Å². The molecular formula is C24H24B2N8. The highest BCUT2D eigenvalue weighted by Gasteiger charge is 2.43. The molecule has 4 aromatic rings. The average Bonchev–Trinajstić information content (AvgIpc) is 3.29. The van der Waals surface area contributed by atoms with Crippen molar-refractivity contribution in [3.63, 3.8) is 0 Å². The van der Waals surface area contributed by atoms with Gasteiger partial charge in [0.15, 0.2) is 23.3 Å². The molecule has 6 rings (SSSR count). The summed E-state index contributed by atoms with van der Waals surface area (Å²) in [6, 6.07) is 17.2. The Labute approximate surface area is 200 Å². The number of rotatable bonds is 3. The van der Waals surface area contributed by atoms with Gasteiger partial charge in [0.1, 0.15) is 0 Å². The van der Waals surface area contributed by atoms with Gasteiger partial charge in [0, 0.05) is 24.8 Å². The lowest BCUT2D eigenvalue weighted by Gasteiger charge is -2.28. The van der Waals surface area contributed by atoms with Crippen molar-refractivity contribution >= 4 is 48.2 Å². The molecule has 0 amide bonds. The number of aromatic nitrogens is 4. The number of benzene rings is 2. The standard InChI is InChI=1S/C24H24B2N8/c1-31-21-22(28-14-13-27-21)32(2)25(31)19-11-7-5-9-17(19)18-10-6-8-12-20(18)26-33(3)23-24(34(26)4)30-16-15-29-23/h5-16H,1-4H3. The second kappa shape index (κ2) is 7.76. The fourth-order valence-corrected chi connectivity index (χ4v) is 5.39. The number of nitrogens with zero attached hydrogens (tertiary/aromatic N) is 8. The van der Waals surface area contributed by atoms with Gasteiger partial charge in [-0.2, -0.15) is 0 Å². The third-order valence-electron chi connectivity index (χ3n) is 6.89. The summed E-state index contributed by atoms with van der Waals surface area (Å²) in [5.41, 5.74) is 4.79. The molecule has 166 valence electrons. The summed E-state index contributed by atoms with van der Waals surface area (Å²) >= 11 is 0. The third-order valence-corrected chi connectivity index (χ3v) is 6.89. The average molecular weight is 446 g/mol. The molecule has 0 saturated carbocycles. The molecule has 0 atom stereocenters. The zero-order valence-electron chi connectivity index (χ0n) is 19.7. The van der Waals surface area contributed by atoms with E-state index in [2.05, 4.69) is 116 Å². The minimum absolute atomic E-state index is 0.0128. The topological polar surface area (TPSA) is 64.5 Å². The first-order valence-electron chi connectivity index (χ1n) is 11.3. The van der Waals surface area contributed by atoms with Gasteiger partial charge in [-0.3, -0.25) is 0 Å². The highest BCUT2D eigenvalue weighted by molar-refractivity contribution is 6.84. The Bertz CT molecular complexity index is 1220. The van der Waals surface area contributed by atoms with Gasteiger partial charge in [0.05, 0.1) is 0 Å². The molecule has 0 N–H and O–H groups in total. The monoisotopic (exact) mass is 446 g/mol. The minimum Gasteiger partial charge on any atom is -0.376 e. The van der Waals surface area contributed by atoms with E-state index in [1.165, 1.54) is 22.1 Å². The lowest BCUT2D eigenvalue weighted by Crippen LogP contribution is -2.56. The van der Waals surface area contributed by atoms with Crippen molar-refractivity contribution < 1.29 is 0 Å². The van der Waals surface area contributed by atoms with Crippen molar-refractivity contribution in [3.05, 3.63) is 73.3 Å². The van der Waals surface area contributed by atoms with Crippen molar-refractivity contribution in [1.29, 1.82) is 0 Å². The van der Waals surface area contributed by atoms with Crippen LogP contribution in [0.4, 0.5) is 23.3 Å². The lowest BCUT2D eigenvalue weighted by atomic mass is 9.59. The maximum Gasteiger partial charge on any atom is 0.414 e. The number of anilines is 4. The van der Waals surface area contributed by atoms with Gasteiger partial charge in [-0.1, -0.05) is 48.5 Å². The van der Waals surface area contributed by atoms with Gasteiger partial charge in [-0.15, -0.1) is 0 Å². The second-order valence-corrected chi connectivity index (χ2v) is 8.77. The van der Waals surface area contributed by atoms with Crippen LogP contribution in [0.5, 0.6) is 0 Å². The zero-order valence-corrected chi connectivity index (χ0v) is 19.7. The molecule has 8 nitrogen and oxygen atoms in total. The van der Waals surface area contributed by atoms with Gasteiger partial charge in [0.2, 0.25) is 0 Å². The molecule has 2 aromatic carbocycles. The molecule has 2 aromatic heterocycles. The van der Waals surface area contributed by atoms with Crippen molar-refractivity contribution in [2.45, 2.75) is 0 Å². The Morgan fingerprint density at radius 3 is 1.09 bits per heavy atom. The summed E-state index contributed by atoms with van der Waals surface area (Å²) in [5, 5.41) is 0. The lowest BCUT2D eigenvalue weighted by molar-refractivity contribution is 1.15. The first kappa shape index (κ1) is 20.5. The van der Waals surface area contributed by atoms with Crippen LogP contribution >= 0.6 is 0 Å². The predicted molar refractivity (Wildman–Crippen MR) is 140 cm³/mol. The van der Waals surface area contributed by atoms with E-state index in [1.54, 1.807) is 24.8 Å². The van der Waals surface area contributed by atoms with Crippen LogP contribution in [0.1, 0.15) is 0 Å². The van der Waals surface area contributed by atoms with Crippen LogP contribution < -0.4 is 30.2 Å². The first-order valence-corrected chi connectivity index (χ1v) is 11.3. The largest absolute Gasteiger partial charge is 0.414 e. The molecule has 0 aliphatic carbocycles. The Morgan fingerprint density at radius 2 is 0.765 bits per heavy atom. The van der Waals surface area contributed by atoms with Crippen molar-refractivity contribution in [2.75, 3.05) is 47.4 Å². The Morgan fingerprint density at radius 1 is 0.471 bits per heavy atom. The van der Waals surface area contributed by atoms with Crippen LogP contribution in [-0.4, -0.2) is 62.1 Å².